The zero-order valence-electron chi connectivity index (χ0n) is 8.36. The summed E-state index contributed by atoms with van der Waals surface area (Å²) in [6.07, 6.45) is 6.31. The summed E-state index contributed by atoms with van der Waals surface area (Å²) in [5.41, 5.74) is 0.374. The molecule has 0 bridgehead atoms. The van der Waals surface area contributed by atoms with Crippen LogP contribution >= 0.6 is 0 Å². The van der Waals surface area contributed by atoms with Gasteiger partial charge in [-0.1, -0.05) is 5.92 Å². The minimum Gasteiger partial charge on any atom is -0.344 e. The fraction of sp³-hybridized carbons (Fsp3) is 0.300. The number of carbonyl (C=O) groups excluding carboxylic acids is 1. The lowest BCUT2D eigenvalue weighted by Crippen LogP contribution is -2.32. The molecule has 5 heteroatoms. The van der Waals surface area contributed by atoms with Crippen LogP contribution in [0.5, 0.6) is 0 Å². The van der Waals surface area contributed by atoms with Gasteiger partial charge in [0.1, 0.15) is 6.54 Å². The van der Waals surface area contributed by atoms with E-state index in [-0.39, 0.29) is 24.6 Å². The van der Waals surface area contributed by atoms with Gasteiger partial charge in [0.25, 0.3) is 5.56 Å². The molecule has 1 N–H and O–H groups in total. The summed E-state index contributed by atoms with van der Waals surface area (Å²) in [7, 11) is 0. The molecule has 0 aromatic carbocycles. The van der Waals surface area contributed by atoms with Gasteiger partial charge in [-0.15, -0.1) is 6.42 Å². The van der Waals surface area contributed by atoms with E-state index in [1.165, 1.54) is 17.0 Å². The third kappa shape index (κ3) is 3.27. The van der Waals surface area contributed by atoms with Crippen molar-refractivity contribution in [2.75, 3.05) is 6.54 Å². The van der Waals surface area contributed by atoms with Crippen LogP contribution in [0.15, 0.2) is 17.2 Å². The Balaban J connectivity index is 2.70. The van der Waals surface area contributed by atoms with Crippen molar-refractivity contribution in [2.24, 2.45) is 0 Å². The zero-order chi connectivity index (χ0) is 11.3. The minimum atomic E-state index is -0.305. The lowest BCUT2D eigenvalue weighted by Gasteiger charge is -2.04. The molecule has 0 atom stereocenters. The number of hydrogen-bond donors (Lipinski definition) is 1. The van der Waals surface area contributed by atoms with Crippen LogP contribution in [0, 0.1) is 19.3 Å². The van der Waals surface area contributed by atoms with E-state index >= 15 is 0 Å². The van der Waals surface area contributed by atoms with E-state index in [1.54, 1.807) is 6.92 Å². The Kier molecular flexibility index (Phi) is 3.63. The molecule has 0 radical (unpaired) electrons. The minimum absolute atomic E-state index is 0.0617. The Bertz CT molecular complexity index is 456. The molecule has 78 valence electrons. The second-order valence-electron chi connectivity index (χ2n) is 2.98. The van der Waals surface area contributed by atoms with Gasteiger partial charge < -0.3 is 5.32 Å². The maximum Gasteiger partial charge on any atom is 0.253 e. The fourth-order valence-electron chi connectivity index (χ4n) is 0.996. The van der Waals surface area contributed by atoms with E-state index in [2.05, 4.69) is 16.2 Å². The standard InChI is InChI=1S/C10H11N3O2/c1-3-4-11-9(14)6-13-7-12-8(2)5-10(13)15/h1,5,7H,4,6H2,2H3,(H,11,14). The molecule has 5 nitrogen and oxygen atoms in total. The van der Waals surface area contributed by atoms with Gasteiger partial charge in [0.2, 0.25) is 5.91 Å². The van der Waals surface area contributed by atoms with Crippen LogP contribution in [0.3, 0.4) is 0 Å². The monoisotopic (exact) mass is 205 g/mol. The number of aromatic nitrogens is 2. The molecule has 0 saturated heterocycles. The fourth-order valence-corrected chi connectivity index (χ4v) is 0.996. The highest BCUT2D eigenvalue weighted by molar-refractivity contribution is 5.75. The summed E-state index contributed by atoms with van der Waals surface area (Å²) in [6, 6.07) is 1.37. The molecule has 0 aliphatic heterocycles. The first-order chi connectivity index (χ1) is 7.13. The first-order valence-corrected chi connectivity index (χ1v) is 4.36. The van der Waals surface area contributed by atoms with E-state index in [0.29, 0.717) is 5.69 Å². The zero-order valence-corrected chi connectivity index (χ0v) is 8.36. The quantitative estimate of drug-likeness (QED) is 0.664. The van der Waals surface area contributed by atoms with Crippen molar-refractivity contribution in [1.29, 1.82) is 0 Å². The third-order valence-electron chi connectivity index (χ3n) is 1.72. The molecule has 0 aliphatic rings. The molecule has 15 heavy (non-hydrogen) atoms. The molecular formula is C10H11N3O2. The summed E-state index contributed by atoms with van der Waals surface area (Å²) in [6.45, 7) is 1.81. The van der Waals surface area contributed by atoms with Crippen LogP contribution in [0.2, 0.25) is 0 Å². The van der Waals surface area contributed by atoms with Gasteiger partial charge in [0.05, 0.1) is 12.9 Å². The van der Waals surface area contributed by atoms with Crippen molar-refractivity contribution in [3.05, 3.63) is 28.4 Å². The first kappa shape index (κ1) is 11.0. The van der Waals surface area contributed by atoms with E-state index in [0.717, 1.165) is 0 Å². The maximum atomic E-state index is 11.4. The van der Waals surface area contributed by atoms with Crippen molar-refractivity contribution in [3.63, 3.8) is 0 Å². The largest absolute Gasteiger partial charge is 0.344 e. The van der Waals surface area contributed by atoms with Crippen LogP contribution in [-0.2, 0) is 11.3 Å². The second-order valence-corrected chi connectivity index (χ2v) is 2.98. The smallest absolute Gasteiger partial charge is 0.253 e. The topological polar surface area (TPSA) is 64.0 Å². The molecule has 1 aromatic rings. The van der Waals surface area contributed by atoms with Gasteiger partial charge in [0, 0.05) is 11.8 Å². The molecule has 1 amide bonds. The van der Waals surface area contributed by atoms with E-state index < -0.39 is 0 Å². The SMILES string of the molecule is C#CCNC(=O)Cn1cnc(C)cc1=O. The van der Waals surface area contributed by atoms with Gasteiger partial charge in [-0.25, -0.2) is 4.98 Å². The highest BCUT2D eigenvalue weighted by atomic mass is 16.2. The number of carbonyl (C=O) groups is 1. The third-order valence-corrected chi connectivity index (χ3v) is 1.72. The maximum absolute atomic E-state index is 11.4. The number of hydrogen-bond acceptors (Lipinski definition) is 3. The van der Waals surface area contributed by atoms with Crippen LogP contribution in [0.25, 0.3) is 0 Å². The van der Waals surface area contributed by atoms with Crippen molar-refractivity contribution < 1.29 is 4.79 Å². The van der Waals surface area contributed by atoms with Crippen molar-refractivity contribution in [3.8, 4) is 12.3 Å². The number of terminal acetylenes is 1. The number of nitrogens with zero attached hydrogens (tertiary/aromatic N) is 2. The number of amides is 1. The molecule has 1 rings (SSSR count). The van der Waals surface area contributed by atoms with E-state index in [1.807, 2.05) is 0 Å². The average molecular weight is 205 g/mol. The summed E-state index contributed by atoms with van der Waals surface area (Å²) in [4.78, 5) is 26.5. The lowest BCUT2D eigenvalue weighted by molar-refractivity contribution is -0.121. The highest BCUT2D eigenvalue weighted by Crippen LogP contribution is 1.84. The van der Waals surface area contributed by atoms with E-state index in [9.17, 15) is 9.59 Å². The molecule has 0 saturated carbocycles. The van der Waals surface area contributed by atoms with Crippen LogP contribution < -0.4 is 10.9 Å². The normalized spacial score (nSPS) is 9.33. The predicted octanol–water partition coefficient (Wildman–Crippen LogP) is -0.699. The Morgan fingerprint density at radius 1 is 1.73 bits per heavy atom. The number of nitrogens with one attached hydrogen (secondary N) is 1. The lowest BCUT2D eigenvalue weighted by atomic mass is 10.4. The van der Waals surface area contributed by atoms with Crippen molar-refractivity contribution >= 4 is 5.91 Å². The molecule has 0 unspecified atom stereocenters. The molecule has 1 aromatic heterocycles. The molecule has 0 spiro atoms. The Labute approximate surface area is 87.1 Å². The Morgan fingerprint density at radius 3 is 3.07 bits per heavy atom. The van der Waals surface area contributed by atoms with Crippen LogP contribution in [0.1, 0.15) is 5.69 Å². The Hall–Kier alpha value is -2.09. The Morgan fingerprint density at radius 2 is 2.47 bits per heavy atom. The average Bonchev–Trinajstić information content (AvgIpc) is 2.19. The van der Waals surface area contributed by atoms with Crippen molar-refractivity contribution in [2.45, 2.75) is 13.5 Å². The summed E-state index contributed by atoms with van der Waals surface area (Å²) in [5.74, 6) is 1.97. The summed E-state index contributed by atoms with van der Waals surface area (Å²) >= 11 is 0. The molecule has 0 aliphatic carbocycles. The first-order valence-electron chi connectivity index (χ1n) is 4.36. The highest BCUT2D eigenvalue weighted by Gasteiger charge is 2.03. The van der Waals surface area contributed by atoms with Gasteiger partial charge in [-0.2, -0.15) is 0 Å². The van der Waals surface area contributed by atoms with Crippen molar-refractivity contribution in [1.82, 2.24) is 14.9 Å². The molecule has 0 fully saturated rings. The van der Waals surface area contributed by atoms with Gasteiger partial charge in [-0.3, -0.25) is 14.2 Å². The molecule has 1 heterocycles. The molecular weight excluding hydrogens is 194 g/mol. The number of aryl methyl sites for hydroxylation is 1. The van der Waals surface area contributed by atoms with Crippen LogP contribution in [0.4, 0.5) is 0 Å². The van der Waals surface area contributed by atoms with Gasteiger partial charge in [-0.05, 0) is 6.92 Å². The van der Waals surface area contributed by atoms with E-state index in [4.69, 9.17) is 6.42 Å². The summed E-state index contributed by atoms with van der Waals surface area (Å²) < 4.78 is 1.22. The second kappa shape index (κ2) is 4.96. The number of rotatable bonds is 3. The summed E-state index contributed by atoms with van der Waals surface area (Å²) in [5, 5.41) is 2.46. The van der Waals surface area contributed by atoms with Gasteiger partial charge >= 0.3 is 0 Å². The van der Waals surface area contributed by atoms with Gasteiger partial charge in [0.15, 0.2) is 0 Å². The predicted molar refractivity (Wildman–Crippen MR) is 55.1 cm³/mol. The van der Waals surface area contributed by atoms with Crippen LogP contribution in [-0.4, -0.2) is 22.0 Å².